The summed E-state index contributed by atoms with van der Waals surface area (Å²) in [6.07, 6.45) is 8.76. The highest BCUT2D eigenvalue weighted by molar-refractivity contribution is 6.23. The van der Waals surface area contributed by atoms with Crippen molar-refractivity contribution in [3.63, 3.8) is 0 Å². The average Bonchev–Trinajstić information content (AvgIpc) is 2.66. The van der Waals surface area contributed by atoms with E-state index >= 15 is 0 Å². The third kappa shape index (κ3) is 1.56. The zero-order chi connectivity index (χ0) is 13.9. The first kappa shape index (κ1) is 12.3. The van der Waals surface area contributed by atoms with E-state index in [1.165, 1.54) is 22.3 Å². The van der Waals surface area contributed by atoms with Gasteiger partial charge in [-0.05, 0) is 28.2 Å². The third-order valence-corrected chi connectivity index (χ3v) is 5.19. The van der Waals surface area contributed by atoms with Gasteiger partial charge >= 0.3 is 0 Å². The summed E-state index contributed by atoms with van der Waals surface area (Å²) in [5.74, 6) is 1.05. The predicted molar refractivity (Wildman–Crippen MR) is 83.8 cm³/mol. The van der Waals surface area contributed by atoms with Crippen LogP contribution in [0.1, 0.15) is 30.0 Å². The van der Waals surface area contributed by atoms with Crippen molar-refractivity contribution >= 4 is 11.6 Å². The summed E-state index contributed by atoms with van der Waals surface area (Å²) in [5, 5.41) is 0.0176. The number of hydrogen-bond acceptors (Lipinski definition) is 1. The van der Waals surface area contributed by atoms with Gasteiger partial charge in [-0.15, -0.1) is 11.6 Å². The van der Waals surface area contributed by atoms with Crippen molar-refractivity contribution in [3.8, 4) is 0 Å². The molecule has 1 aromatic rings. The van der Waals surface area contributed by atoms with E-state index in [1.54, 1.807) is 0 Å². The number of rotatable bonds is 0. The zero-order valence-corrected chi connectivity index (χ0v) is 12.5. The summed E-state index contributed by atoms with van der Waals surface area (Å²) in [4.78, 5) is 2.37. The van der Waals surface area contributed by atoms with Crippen molar-refractivity contribution in [2.75, 3.05) is 7.05 Å². The molecule has 2 bridgehead atoms. The van der Waals surface area contributed by atoms with Crippen LogP contribution in [0.3, 0.4) is 0 Å². The van der Waals surface area contributed by atoms with Crippen LogP contribution in [0.5, 0.6) is 0 Å². The van der Waals surface area contributed by atoms with Crippen molar-refractivity contribution in [2.24, 2.45) is 5.92 Å². The second-order valence-electron chi connectivity index (χ2n) is 6.09. The second-order valence-corrected chi connectivity index (χ2v) is 6.59. The van der Waals surface area contributed by atoms with Gasteiger partial charge in [-0.25, -0.2) is 0 Å². The van der Waals surface area contributed by atoms with Crippen molar-refractivity contribution in [2.45, 2.75) is 24.3 Å². The molecule has 1 nitrogen and oxygen atoms in total. The molecule has 0 fully saturated rings. The molecular weight excluding hydrogens is 266 g/mol. The summed E-state index contributed by atoms with van der Waals surface area (Å²) < 4.78 is 0. The molecule has 20 heavy (non-hydrogen) atoms. The Morgan fingerprint density at radius 1 is 1.15 bits per heavy atom. The standard InChI is InChI=1S/C18H18ClN/c1-11-17-14-5-3-4-6-15(14)18(11)20(2)10-12-7-8-13(19)9-16(12)17/h3-11,13,17-18H,1-2H3. The molecule has 0 spiro atoms. The van der Waals surface area contributed by atoms with Crippen molar-refractivity contribution in [3.05, 3.63) is 71.0 Å². The van der Waals surface area contributed by atoms with Crippen molar-refractivity contribution < 1.29 is 0 Å². The first-order valence-electron chi connectivity index (χ1n) is 7.24. The molecule has 1 aromatic carbocycles. The molecule has 0 aromatic heterocycles. The van der Waals surface area contributed by atoms with E-state index in [0.717, 1.165) is 0 Å². The van der Waals surface area contributed by atoms with Crippen molar-refractivity contribution in [1.82, 2.24) is 4.90 Å². The van der Waals surface area contributed by atoms with E-state index in [1.807, 2.05) is 0 Å². The lowest BCUT2D eigenvalue weighted by Gasteiger charge is -2.27. The monoisotopic (exact) mass is 283 g/mol. The van der Waals surface area contributed by atoms with E-state index in [9.17, 15) is 0 Å². The molecule has 3 aliphatic rings. The Morgan fingerprint density at radius 2 is 1.90 bits per heavy atom. The normalized spacial score (nSPS) is 34.0. The number of benzene rings is 1. The molecule has 2 aliphatic carbocycles. The maximum atomic E-state index is 6.33. The van der Waals surface area contributed by atoms with Gasteiger partial charge in [0.2, 0.25) is 0 Å². The maximum Gasteiger partial charge on any atom is 0.0706 e. The van der Waals surface area contributed by atoms with E-state index in [0.29, 0.717) is 17.9 Å². The molecule has 0 amide bonds. The van der Waals surface area contributed by atoms with Gasteiger partial charge in [0.15, 0.2) is 0 Å². The Bertz CT molecular complexity index is 655. The van der Waals surface area contributed by atoms with E-state index < -0.39 is 0 Å². The number of halogens is 1. The summed E-state index contributed by atoms with van der Waals surface area (Å²) in [7, 11) is 2.19. The van der Waals surface area contributed by atoms with Crippen LogP contribution in [-0.4, -0.2) is 17.3 Å². The van der Waals surface area contributed by atoms with Gasteiger partial charge < -0.3 is 4.90 Å². The topological polar surface area (TPSA) is 3.24 Å². The lowest BCUT2D eigenvalue weighted by atomic mass is 9.81. The summed E-state index contributed by atoms with van der Waals surface area (Å²) in [5.41, 5.74) is 5.68. The molecule has 4 rings (SSSR count). The maximum absolute atomic E-state index is 6.33. The predicted octanol–water partition coefficient (Wildman–Crippen LogP) is 4.39. The second kappa shape index (κ2) is 4.26. The number of fused-ring (bicyclic) bond motifs is 7. The lowest BCUT2D eigenvalue weighted by Crippen LogP contribution is -2.21. The quantitative estimate of drug-likeness (QED) is 0.638. The average molecular weight is 284 g/mol. The Kier molecular flexibility index (Phi) is 2.62. The van der Waals surface area contributed by atoms with E-state index in [4.69, 9.17) is 11.6 Å². The molecule has 2 heteroatoms. The molecule has 0 saturated heterocycles. The van der Waals surface area contributed by atoms with Gasteiger partial charge in [0.25, 0.3) is 0 Å². The molecule has 1 heterocycles. The molecule has 0 saturated carbocycles. The number of nitrogens with zero attached hydrogens (tertiary/aromatic N) is 1. The van der Waals surface area contributed by atoms with Crippen molar-refractivity contribution in [1.29, 1.82) is 0 Å². The van der Waals surface area contributed by atoms with Gasteiger partial charge in [-0.2, -0.15) is 0 Å². The molecule has 4 unspecified atom stereocenters. The van der Waals surface area contributed by atoms with Gasteiger partial charge in [0, 0.05) is 19.2 Å². The highest BCUT2D eigenvalue weighted by Crippen LogP contribution is 2.54. The molecule has 0 radical (unpaired) electrons. The van der Waals surface area contributed by atoms with Crippen LogP contribution in [0, 0.1) is 5.92 Å². The zero-order valence-electron chi connectivity index (χ0n) is 11.8. The highest BCUT2D eigenvalue weighted by Gasteiger charge is 2.43. The molecule has 102 valence electrons. The highest BCUT2D eigenvalue weighted by atomic mass is 35.5. The van der Waals surface area contributed by atoms with Crippen LogP contribution in [0.2, 0.25) is 0 Å². The van der Waals surface area contributed by atoms with Gasteiger partial charge in [-0.1, -0.05) is 49.4 Å². The van der Waals surface area contributed by atoms with E-state index in [-0.39, 0.29) is 5.38 Å². The molecular formula is C18H18ClN. The van der Waals surface area contributed by atoms with Gasteiger partial charge in [-0.3, -0.25) is 0 Å². The van der Waals surface area contributed by atoms with Crippen LogP contribution < -0.4 is 0 Å². The molecule has 0 N–H and O–H groups in total. The molecule has 1 aliphatic heterocycles. The largest absolute Gasteiger partial charge is 0.373 e. The fraction of sp³-hybridized carbons (Fsp3) is 0.333. The van der Waals surface area contributed by atoms with Crippen LogP contribution in [0.25, 0.3) is 0 Å². The Morgan fingerprint density at radius 3 is 2.70 bits per heavy atom. The summed E-state index contributed by atoms with van der Waals surface area (Å²) in [6.45, 7) is 2.37. The Balaban J connectivity index is 1.96. The number of allylic oxidation sites excluding steroid dienone is 5. The van der Waals surface area contributed by atoms with Gasteiger partial charge in [0.05, 0.1) is 11.4 Å². The number of alkyl halides is 1. The van der Waals surface area contributed by atoms with E-state index in [2.05, 4.69) is 67.6 Å². The summed E-state index contributed by atoms with van der Waals surface area (Å²) >= 11 is 6.33. The number of hydrogen-bond donors (Lipinski definition) is 0. The fourth-order valence-corrected chi connectivity index (χ4v) is 4.38. The fourth-order valence-electron chi connectivity index (χ4n) is 4.17. The minimum atomic E-state index is 0.0176. The first-order valence-corrected chi connectivity index (χ1v) is 7.67. The Labute approximate surface area is 125 Å². The summed E-state index contributed by atoms with van der Waals surface area (Å²) in [6, 6.07) is 9.35. The van der Waals surface area contributed by atoms with Crippen LogP contribution in [0.4, 0.5) is 0 Å². The third-order valence-electron chi connectivity index (χ3n) is 4.92. The van der Waals surface area contributed by atoms with Crippen LogP contribution >= 0.6 is 11.6 Å². The minimum Gasteiger partial charge on any atom is -0.373 e. The molecule has 4 atom stereocenters. The van der Waals surface area contributed by atoms with Gasteiger partial charge in [0.1, 0.15) is 0 Å². The SMILES string of the molecule is CC1C2C3=CC(Cl)C=CC3=CN(C)C1c1ccccc12. The van der Waals surface area contributed by atoms with Crippen LogP contribution in [-0.2, 0) is 0 Å². The lowest BCUT2D eigenvalue weighted by molar-refractivity contribution is 0.264. The first-order chi connectivity index (χ1) is 9.66. The Hall–Kier alpha value is -1.47. The smallest absolute Gasteiger partial charge is 0.0706 e. The minimum absolute atomic E-state index is 0.0176. The van der Waals surface area contributed by atoms with Crippen LogP contribution in [0.15, 0.2) is 59.8 Å².